The first-order valence-electron chi connectivity index (χ1n) is 10.1. The molecule has 30 heavy (non-hydrogen) atoms. The fraction of sp³-hybridized carbons (Fsp3) is 0.364. The molecule has 0 saturated heterocycles. The third kappa shape index (κ3) is 4.42. The van der Waals surface area contributed by atoms with Gasteiger partial charge in [-0.25, -0.2) is 0 Å². The predicted molar refractivity (Wildman–Crippen MR) is 120 cm³/mol. The van der Waals surface area contributed by atoms with E-state index in [0.717, 1.165) is 42.8 Å². The van der Waals surface area contributed by atoms with Gasteiger partial charge >= 0.3 is 0 Å². The third-order valence-corrected chi connectivity index (χ3v) is 7.31. The van der Waals surface area contributed by atoms with Crippen molar-refractivity contribution in [1.82, 2.24) is 14.8 Å². The number of thiophene rings is 1. The van der Waals surface area contributed by atoms with Gasteiger partial charge in [-0.05, 0) is 50.3 Å². The van der Waals surface area contributed by atoms with E-state index in [1.165, 1.54) is 29.5 Å². The van der Waals surface area contributed by atoms with Gasteiger partial charge in [0.05, 0.1) is 11.3 Å². The zero-order chi connectivity index (χ0) is 20.9. The summed E-state index contributed by atoms with van der Waals surface area (Å²) in [4.78, 5) is 13.9. The second kappa shape index (κ2) is 9.45. The minimum atomic E-state index is -0.133. The van der Waals surface area contributed by atoms with E-state index < -0.39 is 0 Å². The van der Waals surface area contributed by atoms with E-state index in [1.807, 2.05) is 41.8 Å². The fourth-order valence-electron chi connectivity index (χ4n) is 3.73. The molecular weight excluding hydrogens is 414 g/mol. The molecule has 1 aromatic carbocycles. The van der Waals surface area contributed by atoms with E-state index >= 15 is 0 Å². The predicted octanol–water partition coefficient (Wildman–Crippen LogP) is 4.90. The van der Waals surface area contributed by atoms with Crippen LogP contribution in [0.15, 0.2) is 35.5 Å². The van der Waals surface area contributed by atoms with Crippen LogP contribution in [-0.2, 0) is 17.6 Å². The van der Waals surface area contributed by atoms with Crippen molar-refractivity contribution in [3.63, 3.8) is 0 Å². The zero-order valence-corrected chi connectivity index (χ0v) is 18.5. The van der Waals surface area contributed by atoms with Crippen molar-refractivity contribution in [2.45, 2.75) is 50.6 Å². The zero-order valence-electron chi connectivity index (χ0n) is 16.9. The van der Waals surface area contributed by atoms with Crippen LogP contribution in [0.4, 0.5) is 5.00 Å². The van der Waals surface area contributed by atoms with E-state index in [-0.39, 0.29) is 11.7 Å². The molecule has 0 unspecified atom stereocenters. The van der Waals surface area contributed by atoms with E-state index in [4.69, 9.17) is 0 Å². The van der Waals surface area contributed by atoms with E-state index in [9.17, 15) is 10.1 Å². The van der Waals surface area contributed by atoms with Gasteiger partial charge in [0, 0.05) is 10.6 Å². The Kier molecular flexibility index (Phi) is 6.50. The van der Waals surface area contributed by atoms with Crippen LogP contribution < -0.4 is 5.32 Å². The Hall–Kier alpha value is -2.63. The van der Waals surface area contributed by atoms with Gasteiger partial charge in [0.1, 0.15) is 16.9 Å². The number of carbonyl (C=O) groups excluding carboxylic acids is 1. The van der Waals surface area contributed by atoms with Crippen molar-refractivity contribution in [2.24, 2.45) is 0 Å². The van der Waals surface area contributed by atoms with Crippen LogP contribution in [0.3, 0.4) is 0 Å². The van der Waals surface area contributed by atoms with Crippen molar-refractivity contribution in [2.75, 3.05) is 11.1 Å². The number of aromatic nitrogens is 3. The molecule has 2 aromatic heterocycles. The number of benzene rings is 1. The van der Waals surface area contributed by atoms with Crippen molar-refractivity contribution in [3.05, 3.63) is 52.2 Å². The maximum atomic E-state index is 12.7. The molecule has 154 valence electrons. The normalized spacial score (nSPS) is 13.7. The molecule has 1 N–H and O–H groups in total. The molecule has 1 amide bonds. The fourth-order valence-corrected chi connectivity index (χ4v) is 5.78. The number of fused-ring (bicyclic) bond motifs is 1. The molecule has 0 aliphatic heterocycles. The van der Waals surface area contributed by atoms with E-state index in [0.29, 0.717) is 15.7 Å². The molecule has 1 aliphatic rings. The summed E-state index contributed by atoms with van der Waals surface area (Å²) >= 11 is 2.91. The highest BCUT2D eigenvalue weighted by molar-refractivity contribution is 7.99. The Morgan fingerprint density at radius 2 is 1.97 bits per heavy atom. The van der Waals surface area contributed by atoms with Crippen molar-refractivity contribution < 1.29 is 4.79 Å². The van der Waals surface area contributed by atoms with E-state index in [2.05, 4.69) is 21.6 Å². The molecule has 3 aromatic rings. The van der Waals surface area contributed by atoms with Crippen LogP contribution in [0.25, 0.3) is 5.69 Å². The molecule has 1 aliphatic carbocycles. The number of nitriles is 1. The molecular formula is C22H23N5OS2. The second-order valence-electron chi connectivity index (χ2n) is 7.27. The van der Waals surface area contributed by atoms with Crippen LogP contribution in [0.2, 0.25) is 0 Å². The largest absolute Gasteiger partial charge is 0.316 e. The maximum Gasteiger partial charge on any atom is 0.235 e. The molecule has 8 heteroatoms. The summed E-state index contributed by atoms with van der Waals surface area (Å²) < 4.78 is 1.94. The topological polar surface area (TPSA) is 83.6 Å². The smallest absolute Gasteiger partial charge is 0.235 e. The third-order valence-electron chi connectivity index (χ3n) is 5.18. The van der Waals surface area contributed by atoms with E-state index in [1.54, 1.807) is 11.3 Å². The first-order valence-corrected chi connectivity index (χ1v) is 11.9. The number of rotatable bonds is 5. The molecule has 0 fully saturated rings. The van der Waals surface area contributed by atoms with Crippen LogP contribution in [0, 0.1) is 18.3 Å². The molecule has 0 spiro atoms. The SMILES string of the molecule is Cc1nnc(SCC(=O)Nc2sc3c(c2C#N)CCCCCC3)n1-c1ccccc1. The van der Waals surface area contributed by atoms with Gasteiger partial charge < -0.3 is 5.32 Å². The van der Waals surface area contributed by atoms with Crippen molar-refractivity contribution in [1.29, 1.82) is 5.26 Å². The molecule has 4 rings (SSSR count). The quantitative estimate of drug-likeness (QED) is 0.574. The Labute approximate surface area is 184 Å². The summed E-state index contributed by atoms with van der Waals surface area (Å²) in [7, 11) is 0. The molecule has 2 heterocycles. The lowest BCUT2D eigenvalue weighted by Crippen LogP contribution is -2.14. The number of carbonyl (C=O) groups is 1. The number of nitrogens with one attached hydrogen (secondary N) is 1. The van der Waals surface area contributed by atoms with Gasteiger partial charge in [0.15, 0.2) is 5.16 Å². The monoisotopic (exact) mass is 437 g/mol. The first kappa shape index (κ1) is 20.6. The first-order chi connectivity index (χ1) is 14.7. The number of nitrogens with zero attached hydrogens (tertiary/aromatic N) is 4. The standard InChI is InChI=1S/C22H23N5OS2/c1-15-25-26-22(27(15)16-9-5-4-6-10-16)29-14-20(28)24-21-18(13-23)17-11-7-2-3-8-12-19(17)30-21/h4-6,9-10H,2-3,7-8,11-12,14H2,1H3,(H,24,28). The summed E-state index contributed by atoms with van der Waals surface area (Å²) in [5, 5.41) is 22.4. The number of thioether (sulfide) groups is 1. The number of anilines is 1. The highest BCUT2D eigenvalue weighted by Gasteiger charge is 2.21. The Balaban J connectivity index is 1.47. The van der Waals surface area contributed by atoms with Gasteiger partial charge in [0.25, 0.3) is 0 Å². The van der Waals surface area contributed by atoms with Gasteiger partial charge in [-0.1, -0.05) is 42.8 Å². The summed E-state index contributed by atoms with van der Waals surface area (Å²) in [6.07, 6.45) is 6.63. The number of amides is 1. The molecule has 0 saturated carbocycles. The van der Waals surface area contributed by atoms with Gasteiger partial charge in [0.2, 0.25) is 5.91 Å². The van der Waals surface area contributed by atoms with Gasteiger partial charge in [-0.15, -0.1) is 21.5 Å². The lowest BCUT2D eigenvalue weighted by Gasteiger charge is -2.09. The Bertz CT molecular complexity index is 1080. The minimum absolute atomic E-state index is 0.133. The second-order valence-corrected chi connectivity index (χ2v) is 9.32. The van der Waals surface area contributed by atoms with Crippen LogP contribution >= 0.6 is 23.1 Å². The molecule has 0 bridgehead atoms. The van der Waals surface area contributed by atoms with Crippen LogP contribution in [-0.4, -0.2) is 26.4 Å². The lowest BCUT2D eigenvalue weighted by atomic mass is 9.97. The summed E-state index contributed by atoms with van der Waals surface area (Å²) in [5.74, 6) is 0.846. The number of hydrogen-bond donors (Lipinski definition) is 1. The lowest BCUT2D eigenvalue weighted by molar-refractivity contribution is -0.113. The Morgan fingerprint density at radius 1 is 1.20 bits per heavy atom. The number of para-hydroxylation sites is 1. The van der Waals surface area contributed by atoms with Gasteiger partial charge in [-0.2, -0.15) is 5.26 Å². The summed E-state index contributed by atoms with van der Waals surface area (Å²) in [5.41, 5.74) is 2.76. The maximum absolute atomic E-state index is 12.7. The number of hydrogen-bond acceptors (Lipinski definition) is 6. The van der Waals surface area contributed by atoms with Gasteiger partial charge in [-0.3, -0.25) is 9.36 Å². The Morgan fingerprint density at radius 3 is 2.73 bits per heavy atom. The molecule has 0 atom stereocenters. The van der Waals surface area contributed by atoms with Crippen LogP contribution in [0.1, 0.15) is 47.5 Å². The highest BCUT2D eigenvalue weighted by atomic mass is 32.2. The molecule has 0 radical (unpaired) electrons. The summed E-state index contributed by atoms with van der Waals surface area (Å²) in [6.45, 7) is 1.89. The average molecular weight is 438 g/mol. The van der Waals surface area contributed by atoms with Crippen molar-refractivity contribution in [3.8, 4) is 11.8 Å². The van der Waals surface area contributed by atoms with Crippen LogP contribution in [0.5, 0.6) is 0 Å². The summed E-state index contributed by atoms with van der Waals surface area (Å²) in [6, 6.07) is 12.2. The highest BCUT2D eigenvalue weighted by Crippen LogP contribution is 2.36. The number of aryl methyl sites for hydroxylation is 2. The minimum Gasteiger partial charge on any atom is -0.316 e. The molecule has 6 nitrogen and oxygen atoms in total. The average Bonchev–Trinajstić information content (AvgIpc) is 3.26. The van der Waals surface area contributed by atoms with Crippen molar-refractivity contribution >= 4 is 34.0 Å².